The van der Waals surface area contributed by atoms with Crippen LogP contribution in [-0.4, -0.2) is 45.1 Å². The molecule has 0 atom stereocenters. The lowest BCUT2D eigenvalue weighted by Crippen LogP contribution is -2.44. The van der Waals surface area contributed by atoms with E-state index in [-0.39, 0.29) is 29.4 Å². The highest BCUT2D eigenvalue weighted by molar-refractivity contribution is 14.0. The van der Waals surface area contributed by atoms with Gasteiger partial charge in [0.15, 0.2) is 5.96 Å². The number of nitrogens with zero attached hydrogens (tertiary/aromatic N) is 2. The topological polar surface area (TPSA) is 39.7 Å². The third kappa shape index (κ3) is 8.06. The monoisotopic (exact) mass is 410 g/mol. The summed E-state index contributed by atoms with van der Waals surface area (Å²) in [6.07, 6.45) is 0. The minimum absolute atomic E-state index is 0. The van der Waals surface area contributed by atoms with Crippen LogP contribution in [0.3, 0.4) is 0 Å². The number of guanidine groups is 1. The van der Waals surface area contributed by atoms with Gasteiger partial charge in [-0.2, -0.15) is 0 Å². The van der Waals surface area contributed by atoms with Crippen LogP contribution in [0, 0.1) is 5.41 Å². The standard InChI is InChI=1S/C14H26N4S.HI/c1-14(2,11-18(4)5)10-17-13(15-3)16-9-12-7-6-8-19-12;/h6-8H,9-11H2,1-5H3,(H2,15,16,17);1H. The maximum Gasteiger partial charge on any atom is 0.191 e. The molecule has 0 aliphatic heterocycles. The number of hydrogen-bond donors (Lipinski definition) is 2. The van der Waals surface area contributed by atoms with Crippen molar-refractivity contribution < 1.29 is 0 Å². The molecular weight excluding hydrogens is 383 g/mol. The molecule has 0 saturated carbocycles. The Labute approximate surface area is 144 Å². The molecular formula is C14H27IN4S. The summed E-state index contributed by atoms with van der Waals surface area (Å²) in [4.78, 5) is 7.78. The molecule has 4 nitrogen and oxygen atoms in total. The first kappa shape index (κ1) is 19.7. The second kappa shape index (κ2) is 9.57. The summed E-state index contributed by atoms with van der Waals surface area (Å²) < 4.78 is 0. The number of aliphatic imine (C=N–C) groups is 1. The van der Waals surface area contributed by atoms with Crippen molar-refractivity contribution in [1.29, 1.82) is 0 Å². The predicted octanol–water partition coefficient (Wildman–Crippen LogP) is 2.62. The summed E-state index contributed by atoms with van der Waals surface area (Å²) in [6, 6.07) is 4.19. The third-order valence-corrected chi connectivity index (χ3v) is 3.59. The van der Waals surface area contributed by atoms with E-state index in [1.807, 2.05) is 7.05 Å². The Morgan fingerprint density at radius 1 is 1.35 bits per heavy atom. The number of halogens is 1. The van der Waals surface area contributed by atoms with Crippen LogP contribution in [0.25, 0.3) is 0 Å². The maximum atomic E-state index is 4.26. The summed E-state index contributed by atoms with van der Waals surface area (Å²) in [5.74, 6) is 0.861. The maximum absolute atomic E-state index is 4.26. The molecule has 0 bridgehead atoms. The molecule has 0 unspecified atom stereocenters. The van der Waals surface area contributed by atoms with Gasteiger partial charge >= 0.3 is 0 Å². The minimum Gasteiger partial charge on any atom is -0.356 e. The summed E-state index contributed by atoms with van der Waals surface area (Å²) in [6.45, 7) is 7.28. The van der Waals surface area contributed by atoms with Crippen molar-refractivity contribution in [2.24, 2.45) is 10.4 Å². The molecule has 20 heavy (non-hydrogen) atoms. The SMILES string of the molecule is CN=C(NCc1cccs1)NCC(C)(C)CN(C)C.I. The molecule has 1 heterocycles. The van der Waals surface area contributed by atoms with Gasteiger partial charge in [-0.25, -0.2) is 0 Å². The number of thiophene rings is 1. The lowest BCUT2D eigenvalue weighted by atomic mass is 9.93. The fraction of sp³-hybridized carbons (Fsp3) is 0.643. The molecule has 0 spiro atoms. The first-order chi connectivity index (χ1) is 8.93. The van der Waals surface area contributed by atoms with Gasteiger partial charge in [-0.05, 0) is 31.0 Å². The summed E-state index contributed by atoms with van der Waals surface area (Å²) in [7, 11) is 6.01. The van der Waals surface area contributed by atoms with Crippen LogP contribution >= 0.6 is 35.3 Å². The minimum atomic E-state index is 0. The van der Waals surface area contributed by atoms with Gasteiger partial charge in [-0.1, -0.05) is 19.9 Å². The normalized spacial score (nSPS) is 12.2. The Bertz CT molecular complexity index is 388. The summed E-state index contributed by atoms with van der Waals surface area (Å²) >= 11 is 1.76. The zero-order valence-corrected chi connectivity index (χ0v) is 16.2. The molecule has 0 radical (unpaired) electrons. The van der Waals surface area contributed by atoms with Gasteiger partial charge in [0.1, 0.15) is 0 Å². The summed E-state index contributed by atoms with van der Waals surface area (Å²) in [5, 5.41) is 8.82. The first-order valence-electron chi connectivity index (χ1n) is 6.54. The van der Waals surface area contributed by atoms with Crippen molar-refractivity contribution in [3.63, 3.8) is 0 Å². The number of rotatable bonds is 6. The smallest absolute Gasteiger partial charge is 0.191 e. The third-order valence-electron chi connectivity index (χ3n) is 2.71. The molecule has 6 heteroatoms. The van der Waals surface area contributed by atoms with E-state index < -0.39 is 0 Å². The van der Waals surface area contributed by atoms with Crippen molar-refractivity contribution in [3.8, 4) is 0 Å². The van der Waals surface area contributed by atoms with Crippen LogP contribution in [0.2, 0.25) is 0 Å². The Morgan fingerprint density at radius 3 is 2.55 bits per heavy atom. The van der Waals surface area contributed by atoms with Crippen LogP contribution < -0.4 is 10.6 Å². The Morgan fingerprint density at radius 2 is 2.05 bits per heavy atom. The van der Waals surface area contributed by atoms with Crippen molar-refractivity contribution in [2.45, 2.75) is 20.4 Å². The molecule has 1 rings (SSSR count). The highest BCUT2D eigenvalue weighted by Crippen LogP contribution is 2.14. The number of nitrogens with one attached hydrogen (secondary N) is 2. The molecule has 0 aromatic carbocycles. The molecule has 116 valence electrons. The van der Waals surface area contributed by atoms with Crippen LogP contribution in [0.15, 0.2) is 22.5 Å². The van der Waals surface area contributed by atoms with Gasteiger partial charge in [-0.15, -0.1) is 35.3 Å². The fourth-order valence-corrected chi connectivity index (χ4v) is 2.68. The van der Waals surface area contributed by atoms with E-state index in [0.29, 0.717) is 0 Å². The Hall–Kier alpha value is -0.340. The highest BCUT2D eigenvalue weighted by atomic mass is 127. The first-order valence-corrected chi connectivity index (χ1v) is 7.42. The molecule has 0 amide bonds. The van der Waals surface area contributed by atoms with Crippen LogP contribution in [-0.2, 0) is 6.54 Å². The van der Waals surface area contributed by atoms with Crippen LogP contribution in [0.1, 0.15) is 18.7 Å². The summed E-state index contributed by atoms with van der Waals surface area (Å²) in [5.41, 5.74) is 0.212. The average molecular weight is 410 g/mol. The van der Waals surface area contributed by atoms with E-state index in [2.05, 4.69) is 66.0 Å². The highest BCUT2D eigenvalue weighted by Gasteiger charge is 2.19. The Balaban J connectivity index is 0.00000361. The van der Waals surface area contributed by atoms with Gasteiger partial charge in [0.25, 0.3) is 0 Å². The van der Waals surface area contributed by atoms with Crippen molar-refractivity contribution in [3.05, 3.63) is 22.4 Å². The van der Waals surface area contributed by atoms with E-state index >= 15 is 0 Å². The van der Waals surface area contributed by atoms with E-state index in [1.54, 1.807) is 11.3 Å². The van der Waals surface area contributed by atoms with E-state index in [4.69, 9.17) is 0 Å². The van der Waals surface area contributed by atoms with Gasteiger partial charge in [0.05, 0.1) is 6.54 Å². The molecule has 1 aromatic heterocycles. The quantitative estimate of drug-likeness (QED) is 0.430. The second-order valence-electron chi connectivity index (χ2n) is 5.76. The van der Waals surface area contributed by atoms with Gasteiger partial charge in [-0.3, -0.25) is 4.99 Å². The predicted molar refractivity (Wildman–Crippen MR) is 100 cm³/mol. The van der Waals surface area contributed by atoms with Gasteiger partial charge < -0.3 is 15.5 Å². The van der Waals surface area contributed by atoms with E-state index in [0.717, 1.165) is 25.6 Å². The molecule has 2 N–H and O–H groups in total. The molecule has 0 aliphatic rings. The van der Waals surface area contributed by atoms with Crippen molar-refractivity contribution >= 4 is 41.3 Å². The van der Waals surface area contributed by atoms with Crippen LogP contribution in [0.4, 0.5) is 0 Å². The molecule has 1 aromatic rings. The zero-order valence-electron chi connectivity index (χ0n) is 13.1. The van der Waals surface area contributed by atoms with E-state index in [1.165, 1.54) is 4.88 Å². The molecule has 0 fully saturated rings. The zero-order chi connectivity index (χ0) is 14.3. The van der Waals surface area contributed by atoms with Gasteiger partial charge in [0.2, 0.25) is 0 Å². The molecule has 0 aliphatic carbocycles. The molecule has 0 saturated heterocycles. The Kier molecular flexibility index (Phi) is 9.41. The van der Waals surface area contributed by atoms with Crippen molar-refractivity contribution in [2.75, 3.05) is 34.2 Å². The lowest BCUT2D eigenvalue weighted by molar-refractivity contribution is 0.241. The van der Waals surface area contributed by atoms with Crippen molar-refractivity contribution in [1.82, 2.24) is 15.5 Å². The largest absolute Gasteiger partial charge is 0.356 e. The van der Waals surface area contributed by atoms with Crippen LogP contribution in [0.5, 0.6) is 0 Å². The van der Waals surface area contributed by atoms with Gasteiger partial charge in [0, 0.05) is 25.0 Å². The second-order valence-corrected chi connectivity index (χ2v) is 6.79. The fourth-order valence-electron chi connectivity index (χ4n) is 2.04. The number of hydrogen-bond acceptors (Lipinski definition) is 3. The average Bonchev–Trinajstić information content (AvgIpc) is 2.80. The van der Waals surface area contributed by atoms with E-state index in [9.17, 15) is 0 Å². The lowest BCUT2D eigenvalue weighted by Gasteiger charge is -2.29.